The van der Waals surface area contributed by atoms with E-state index in [1.54, 1.807) is 19.1 Å². The average Bonchev–Trinajstić information content (AvgIpc) is 2.95. The smallest absolute Gasteiger partial charge is 0.335 e. The summed E-state index contributed by atoms with van der Waals surface area (Å²) in [6.45, 7) is 8.74. The van der Waals surface area contributed by atoms with Gasteiger partial charge in [0.25, 0.3) is 10.1 Å². The van der Waals surface area contributed by atoms with Crippen molar-refractivity contribution in [2.45, 2.75) is 39.0 Å². The minimum Gasteiger partial charge on any atom is -0.478 e. The molecular formula is C31H37NO9S. The summed E-state index contributed by atoms with van der Waals surface area (Å²) < 4.78 is 35.8. The first-order valence-electron chi connectivity index (χ1n) is 13.3. The lowest BCUT2D eigenvalue weighted by Gasteiger charge is -2.32. The second-order valence-electron chi connectivity index (χ2n) is 9.75. The largest absolute Gasteiger partial charge is 0.478 e. The fourth-order valence-electron chi connectivity index (χ4n) is 4.24. The van der Waals surface area contributed by atoms with Crippen molar-refractivity contribution < 1.29 is 42.3 Å². The molecule has 0 radical (unpaired) electrons. The molecule has 0 aliphatic carbocycles. The lowest BCUT2D eigenvalue weighted by atomic mass is 10.0. The van der Waals surface area contributed by atoms with Gasteiger partial charge in [-0.3, -0.25) is 14.2 Å². The second-order valence-corrected chi connectivity index (χ2v) is 11.2. The Balaban J connectivity index is 0.000000240. The number of hydrogen-bond donors (Lipinski definition) is 3. The van der Waals surface area contributed by atoms with Gasteiger partial charge in [0.2, 0.25) is 0 Å². The summed E-state index contributed by atoms with van der Waals surface area (Å²) in [6.07, 6.45) is 0.923. The number of hydrogen-bond acceptors (Lipinski definition) is 7. The maximum absolute atomic E-state index is 10.8. The quantitative estimate of drug-likeness (QED) is 0.246. The van der Waals surface area contributed by atoms with Crippen LogP contribution in [0, 0.1) is 6.92 Å². The average molecular weight is 600 g/mol. The molecule has 3 aromatic carbocycles. The minimum absolute atomic E-state index is 0.0277. The van der Waals surface area contributed by atoms with Crippen molar-refractivity contribution in [1.82, 2.24) is 4.90 Å². The van der Waals surface area contributed by atoms with E-state index in [1.807, 2.05) is 42.5 Å². The molecule has 1 atom stereocenters. The summed E-state index contributed by atoms with van der Waals surface area (Å²) in [7, 11) is -3.95. The molecule has 1 aliphatic rings. The molecule has 10 nitrogen and oxygen atoms in total. The molecule has 0 saturated carbocycles. The van der Waals surface area contributed by atoms with Crippen LogP contribution in [0.4, 0.5) is 0 Å². The van der Waals surface area contributed by atoms with E-state index in [0.29, 0.717) is 11.6 Å². The zero-order valence-electron chi connectivity index (χ0n) is 23.9. The first-order chi connectivity index (χ1) is 19.8. The number of nitrogens with zero attached hydrogens (tertiary/aromatic N) is 1. The third-order valence-corrected chi connectivity index (χ3v) is 7.25. The number of Topliss-reactive ketones (excluding diaryl/α,β-unsaturated/α-hetero) is 1. The zero-order valence-corrected chi connectivity index (χ0v) is 24.7. The third kappa shape index (κ3) is 11.9. The number of carbonyl (C=O) groups excluding carboxylic acids is 1. The maximum Gasteiger partial charge on any atom is 0.335 e. The summed E-state index contributed by atoms with van der Waals surface area (Å²) in [4.78, 5) is 34.3. The predicted molar refractivity (Wildman–Crippen MR) is 159 cm³/mol. The number of benzene rings is 3. The first kappa shape index (κ1) is 34.3. The van der Waals surface area contributed by atoms with Gasteiger partial charge in [0, 0.05) is 24.7 Å². The van der Waals surface area contributed by atoms with Gasteiger partial charge in [0.15, 0.2) is 5.78 Å². The summed E-state index contributed by atoms with van der Waals surface area (Å²) in [5.41, 5.74) is 2.89. The molecule has 4 rings (SSSR count). The molecule has 226 valence electrons. The van der Waals surface area contributed by atoms with Crippen LogP contribution in [0.1, 0.15) is 61.6 Å². The van der Waals surface area contributed by atoms with Crippen LogP contribution in [0.2, 0.25) is 0 Å². The van der Waals surface area contributed by atoms with E-state index in [2.05, 4.69) is 11.8 Å². The van der Waals surface area contributed by atoms with E-state index in [1.165, 1.54) is 30.7 Å². The van der Waals surface area contributed by atoms with E-state index >= 15 is 0 Å². The topological polar surface area (TPSA) is 159 Å². The Bertz CT molecular complexity index is 1400. The molecule has 11 heteroatoms. The van der Waals surface area contributed by atoms with Gasteiger partial charge >= 0.3 is 11.9 Å². The monoisotopic (exact) mass is 599 g/mol. The van der Waals surface area contributed by atoms with E-state index < -0.39 is 22.1 Å². The van der Waals surface area contributed by atoms with Gasteiger partial charge in [0.05, 0.1) is 24.3 Å². The molecule has 0 aromatic heterocycles. The van der Waals surface area contributed by atoms with Crippen LogP contribution >= 0.6 is 0 Å². The van der Waals surface area contributed by atoms with Crippen molar-refractivity contribution in [3.8, 4) is 0 Å². The van der Waals surface area contributed by atoms with Crippen LogP contribution < -0.4 is 0 Å². The van der Waals surface area contributed by atoms with Crippen molar-refractivity contribution in [3.63, 3.8) is 0 Å². The van der Waals surface area contributed by atoms with Gasteiger partial charge < -0.3 is 14.9 Å². The fraction of sp³-hybridized carbons (Fsp3) is 0.323. The van der Waals surface area contributed by atoms with Gasteiger partial charge in [-0.15, -0.1) is 0 Å². The van der Waals surface area contributed by atoms with E-state index in [9.17, 15) is 22.8 Å². The van der Waals surface area contributed by atoms with E-state index in [4.69, 9.17) is 19.5 Å². The number of ketones is 1. The number of rotatable bonds is 8. The van der Waals surface area contributed by atoms with Gasteiger partial charge in [-0.25, -0.2) is 9.59 Å². The number of carboxylic acid groups (broad SMARTS) is 2. The predicted octanol–water partition coefficient (Wildman–Crippen LogP) is 4.62. The molecule has 3 aromatic rings. The highest BCUT2D eigenvalue weighted by atomic mass is 32.2. The molecular weight excluding hydrogens is 562 g/mol. The molecule has 1 heterocycles. The third-order valence-electron chi connectivity index (χ3n) is 6.55. The highest BCUT2D eigenvalue weighted by molar-refractivity contribution is 7.85. The Morgan fingerprint density at radius 3 is 1.76 bits per heavy atom. The van der Waals surface area contributed by atoms with Gasteiger partial charge in [0.1, 0.15) is 5.75 Å². The van der Waals surface area contributed by atoms with Crippen molar-refractivity contribution in [2.75, 3.05) is 26.3 Å². The summed E-state index contributed by atoms with van der Waals surface area (Å²) in [5, 5.41) is 17.4. The normalized spacial score (nSPS) is 13.9. The molecule has 0 amide bonds. The molecule has 1 unspecified atom stereocenters. The molecule has 42 heavy (non-hydrogen) atoms. The van der Waals surface area contributed by atoms with Crippen molar-refractivity contribution in [3.05, 3.63) is 106 Å². The Morgan fingerprint density at radius 1 is 0.833 bits per heavy atom. The number of aromatic carboxylic acids is 2. The Kier molecular flexibility index (Phi) is 13.5. The number of ether oxygens (including phenoxy) is 1. The lowest BCUT2D eigenvalue weighted by molar-refractivity contribution is 0.0203. The van der Waals surface area contributed by atoms with Gasteiger partial charge in [-0.1, -0.05) is 60.7 Å². The van der Waals surface area contributed by atoms with Crippen LogP contribution in [0.25, 0.3) is 0 Å². The summed E-state index contributed by atoms with van der Waals surface area (Å²) >= 11 is 0. The lowest BCUT2D eigenvalue weighted by Crippen LogP contribution is -2.43. The minimum atomic E-state index is -3.95. The van der Waals surface area contributed by atoms with Crippen LogP contribution in [0.15, 0.2) is 72.8 Å². The maximum atomic E-state index is 10.8. The van der Waals surface area contributed by atoms with Crippen LogP contribution in [-0.4, -0.2) is 78.2 Å². The number of carboxylic acids is 2. The van der Waals surface area contributed by atoms with Crippen LogP contribution in [-0.2, 0) is 27.0 Å². The standard InChI is InChI=1S/C14H21NO4S.C9H8O4.C8H8O/c1-12(15-6-8-19-9-7-15)10-13-2-4-14(5-3-13)11-20(16,17)18;1-5-6(8(10)11)3-2-4-7(5)9(12)13;1-7(9)8-5-3-2-4-6-8/h2-5,12H,6-11H2,1H3,(H,16,17,18);2-4H,1H3,(H,10,11)(H,12,13);2-6H,1H3. The fourth-order valence-corrected chi connectivity index (χ4v) is 4.86. The van der Waals surface area contributed by atoms with Crippen LogP contribution in [0.5, 0.6) is 0 Å². The van der Waals surface area contributed by atoms with Crippen molar-refractivity contribution in [2.24, 2.45) is 0 Å². The zero-order chi connectivity index (χ0) is 31.3. The molecule has 1 aliphatic heterocycles. The van der Waals surface area contributed by atoms with Crippen LogP contribution in [0.3, 0.4) is 0 Å². The molecule has 3 N–H and O–H groups in total. The number of morpholine rings is 1. The Hall–Kier alpha value is -3.90. The van der Waals surface area contributed by atoms with Crippen molar-refractivity contribution >= 4 is 27.8 Å². The number of carbonyl (C=O) groups is 3. The second kappa shape index (κ2) is 16.5. The molecule has 0 spiro atoms. The Labute approximate surface area is 246 Å². The van der Waals surface area contributed by atoms with Crippen molar-refractivity contribution in [1.29, 1.82) is 0 Å². The Morgan fingerprint density at radius 2 is 1.33 bits per heavy atom. The highest BCUT2D eigenvalue weighted by Crippen LogP contribution is 2.14. The van der Waals surface area contributed by atoms with E-state index in [-0.39, 0.29) is 28.2 Å². The van der Waals surface area contributed by atoms with Gasteiger partial charge in [-0.2, -0.15) is 8.42 Å². The molecule has 1 saturated heterocycles. The van der Waals surface area contributed by atoms with Gasteiger partial charge in [-0.05, 0) is 56.0 Å². The highest BCUT2D eigenvalue weighted by Gasteiger charge is 2.17. The first-order valence-corrected chi connectivity index (χ1v) is 14.9. The summed E-state index contributed by atoms with van der Waals surface area (Å²) in [6, 6.07) is 21.2. The summed E-state index contributed by atoms with van der Waals surface area (Å²) in [5.74, 6) is -2.43. The molecule has 1 fully saturated rings. The SMILES string of the molecule is CC(=O)c1ccccc1.CC(Cc1ccc(CS(=O)(=O)O)cc1)N1CCOCC1.Cc1c(C(=O)O)cccc1C(=O)O. The molecule has 0 bridgehead atoms. The van der Waals surface area contributed by atoms with E-state index in [0.717, 1.165) is 38.3 Å².